The lowest BCUT2D eigenvalue weighted by Gasteiger charge is -2.31. The third-order valence-corrected chi connectivity index (χ3v) is 3.26. The number of aliphatic carboxylic acids is 1. The largest absolute Gasteiger partial charge is 0.481 e. The lowest BCUT2D eigenvalue weighted by Crippen LogP contribution is -2.35. The van der Waals surface area contributed by atoms with Crippen LogP contribution in [0.5, 0.6) is 0 Å². The van der Waals surface area contributed by atoms with E-state index in [9.17, 15) is 4.79 Å². The van der Waals surface area contributed by atoms with Gasteiger partial charge < -0.3 is 10.0 Å². The van der Waals surface area contributed by atoms with E-state index in [4.69, 9.17) is 5.11 Å². The molecule has 1 aliphatic rings. The number of nitrogens with zero attached hydrogens (tertiary/aromatic N) is 5. The molecule has 0 saturated carbocycles. The van der Waals surface area contributed by atoms with Gasteiger partial charge in [0.15, 0.2) is 0 Å². The minimum atomic E-state index is -0.704. The first-order chi connectivity index (χ1) is 8.16. The standard InChI is InChI=1S/C10H17N5O2/c1-14-10(11-12-13-14)15-6-4-8(5-7-15)2-3-9(16)17/h8H,2-7H2,1H3,(H,16,17). The SMILES string of the molecule is Cn1nnnc1N1CCC(CCC(=O)O)CC1. The Morgan fingerprint density at radius 1 is 1.47 bits per heavy atom. The van der Waals surface area contributed by atoms with Gasteiger partial charge in [-0.3, -0.25) is 4.79 Å². The van der Waals surface area contributed by atoms with Crippen LogP contribution in [-0.4, -0.2) is 44.4 Å². The number of carboxylic acid groups (broad SMARTS) is 1. The Hall–Kier alpha value is -1.66. The number of anilines is 1. The fourth-order valence-corrected chi connectivity index (χ4v) is 2.24. The first kappa shape index (κ1) is 11.8. The average Bonchev–Trinajstić information content (AvgIpc) is 2.73. The fraction of sp³-hybridized carbons (Fsp3) is 0.800. The van der Waals surface area contributed by atoms with Crippen LogP contribution in [0.1, 0.15) is 25.7 Å². The Labute approximate surface area is 99.4 Å². The number of rotatable bonds is 4. The molecule has 2 rings (SSSR count). The van der Waals surface area contributed by atoms with Crippen LogP contribution in [0.2, 0.25) is 0 Å². The summed E-state index contributed by atoms with van der Waals surface area (Å²) in [5.41, 5.74) is 0. The van der Waals surface area contributed by atoms with E-state index in [0.717, 1.165) is 38.3 Å². The van der Waals surface area contributed by atoms with Crippen molar-refractivity contribution in [3.8, 4) is 0 Å². The van der Waals surface area contributed by atoms with Crippen LogP contribution in [0.25, 0.3) is 0 Å². The second-order valence-corrected chi connectivity index (χ2v) is 4.47. The van der Waals surface area contributed by atoms with Crippen molar-refractivity contribution < 1.29 is 9.90 Å². The maximum Gasteiger partial charge on any atom is 0.303 e. The van der Waals surface area contributed by atoms with Crippen molar-refractivity contribution in [2.75, 3.05) is 18.0 Å². The number of aryl methyl sites for hydroxylation is 1. The van der Waals surface area contributed by atoms with E-state index in [1.807, 2.05) is 7.05 Å². The van der Waals surface area contributed by atoms with Gasteiger partial charge in [-0.15, -0.1) is 0 Å². The molecule has 1 N–H and O–H groups in total. The van der Waals surface area contributed by atoms with Crippen molar-refractivity contribution in [1.82, 2.24) is 20.2 Å². The summed E-state index contributed by atoms with van der Waals surface area (Å²) in [7, 11) is 1.83. The summed E-state index contributed by atoms with van der Waals surface area (Å²) < 4.78 is 1.66. The maximum atomic E-state index is 10.5. The zero-order chi connectivity index (χ0) is 12.3. The van der Waals surface area contributed by atoms with Gasteiger partial charge in [0.25, 0.3) is 0 Å². The van der Waals surface area contributed by atoms with E-state index in [2.05, 4.69) is 20.4 Å². The number of aromatic nitrogens is 4. The van der Waals surface area contributed by atoms with Crippen LogP contribution >= 0.6 is 0 Å². The zero-order valence-corrected chi connectivity index (χ0v) is 9.91. The highest BCUT2D eigenvalue weighted by molar-refractivity contribution is 5.66. The molecule has 2 heterocycles. The smallest absolute Gasteiger partial charge is 0.303 e. The molecule has 0 aromatic carbocycles. The summed E-state index contributed by atoms with van der Waals surface area (Å²) in [6.07, 6.45) is 3.08. The van der Waals surface area contributed by atoms with Gasteiger partial charge >= 0.3 is 5.97 Å². The quantitative estimate of drug-likeness (QED) is 0.813. The minimum absolute atomic E-state index is 0.274. The van der Waals surface area contributed by atoms with Crippen molar-refractivity contribution in [2.24, 2.45) is 13.0 Å². The number of carbonyl (C=O) groups is 1. The molecule has 0 aliphatic carbocycles. The molecule has 1 saturated heterocycles. The topological polar surface area (TPSA) is 84.1 Å². The molecule has 0 radical (unpaired) electrons. The first-order valence-electron chi connectivity index (χ1n) is 5.86. The lowest BCUT2D eigenvalue weighted by molar-refractivity contribution is -0.137. The molecule has 1 aliphatic heterocycles. The molecule has 0 spiro atoms. The number of piperidine rings is 1. The van der Waals surface area contributed by atoms with Gasteiger partial charge in [0.05, 0.1) is 0 Å². The summed E-state index contributed by atoms with van der Waals surface area (Å²) in [5.74, 6) is 0.607. The number of hydrogen-bond donors (Lipinski definition) is 1. The van der Waals surface area contributed by atoms with Crippen LogP contribution < -0.4 is 4.90 Å². The molecular formula is C10H17N5O2. The molecule has 7 nitrogen and oxygen atoms in total. The van der Waals surface area contributed by atoms with Gasteiger partial charge in [-0.1, -0.05) is 5.10 Å². The van der Waals surface area contributed by atoms with E-state index >= 15 is 0 Å². The predicted molar refractivity (Wildman–Crippen MR) is 60.6 cm³/mol. The van der Waals surface area contributed by atoms with Gasteiger partial charge in [0, 0.05) is 26.6 Å². The summed E-state index contributed by atoms with van der Waals surface area (Å²) in [5, 5.41) is 20.0. The summed E-state index contributed by atoms with van der Waals surface area (Å²) in [6.45, 7) is 1.80. The number of carboxylic acids is 1. The molecule has 7 heteroatoms. The Balaban J connectivity index is 1.82. The molecule has 0 amide bonds. The Morgan fingerprint density at radius 3 is 2.71 bits per heavy atom. The monoisotopic (exact) mass is 239 g/mol. The van der Waals surface area contributed by atoms with Gasteiger partial charge in [-0.05, 0) is 35.6 Å². The molecule has 1 aromatic rings. The third-order valence-electron chi connectivity index (χ3n) is 3.26. The molecule has 17 heavy (non-hydrogen) atoms. The zero-order valence-electron chi connectivity index (χ0n) is 9.91. The van der Waals surface area contributed by atoms with Crippen LogP contribution in [0, 0.1) is 5.92 Å². The normalized spacial score (nSPS) is 17.4. The van der Waals surface area contributed by atoms with Gasteiger partial charge in [-0.2, -0.15) is 0 Å². The van der Waals surface area contributed by atoms with Gasteiger partial charge in [0.2, 0.25) is 5.95 Å². The Kier molecular flexibility index (Phi) is 3.55. The Morgan fingerprint density at radius 2 is 2.18 bits per heavy atom. The van der Waals surface area contributed by atoms with Crippen molar-refractivity contribution in [3.63, 3.8) is 0 Å². The fourth-order valence-electron chi connectivity index (χ4n) is 2.24. The summed E-state index contributed by atoms with van der Waals surface area (Å²) in [4.78, 5) is 12.6. The van der Waals surface area contributed by atoms with Crippen molar-refractivity contribution >= 4 is 11.9 Å². The van der Waals surface area contributed by atoms with E-state index in [-0.39, 0.29) is 6.42 Å². The van der Waals surface area contributed by atoms with Crippen LogP contribution in [0.4, 0.5) is 5.95 Å². The van der Waals surface area contributed by atoms with Crippen LogP contribution in [-0.2, 0) is 11.8 Å². The van der Waals surface area contributed by atoms with Crippen LogP contribution in [0.15, 0.2) is 0 Å². The number of hydrogen-bond acceptors (Lipinski definition) is 5. The average molecular weight is 239 g/mol. The highest BCUT2D eigenvalue weighted by Crippen LogP contribution is 2.24. The summed E-state index contributed by atoms with van der Waals surface area (Å²) >= 11 is 0. The molecule has 1 fully saturated rings. The molecule has 1 aromatic heterocycles. The molecule has 94 valence electrons. The van der Waals surface area contributed by atoms with Crippen LogP contribution in [0.3, 0.4) is 0 Å². The summed E-state index contributed by atoms with van der Waals surface area (Å²) in [6, 6.07) is 0. The number of tetrazole rings is 1. The van der Waals surface area contributed by atoms with E-state index in [1.165, 1.54) is 0 Å². The van der Waals surface area contributed by atoms with E-state index in [1.54, 1.807) is 4.68 Å². The van der Waals surface area contributed by atoms with E-state index in [0.29, 0.717) is 5.92 Å². The van der Waals surface area contributed by atoms with Gasteiger partial charge in [0.1, 0.15) is 0 Å². The highest BCUT2D eigenvalue weighted by Gasteiger charge is 2.22. The second-order valence-electron chi connectivity index (χ2n) is 4.47. The Bertz CT molecular complexity index is 384. The van der Waals surface area contributed by atoms with Crippen molar-refractivity contribution in [3.05, 3.63) is 0 Å². The third kappa shape index (κ3) is 2.92. The van der Waals surface area contributed by atoms with Crippen molar-refractivity contribution in [2.45, 2.75) is 25.7 Å². The highest BCUT2D eigenvalue weighted by atomic mass is 16.4. The maximum absolute atomic E-state index is 10.5. The van der Waals surface area contributed by atoms with Crippen molar-refractivity contribution in [1.29, 1.82) is 0 Å². The molecule has 0 unspecified atom stereocenters. The minimum Gasteiger partial charge on any atom is -0.481 e. The molecular weight excluding hydrogens is 222 g/mol. The lowest BCUT2D eigenvalue weighted by atomic mass is 9.92. The predicted octanol–water partition coefficient (Wildman–Crippen LogP) is 0.291. The second kappa shape index (κ2) is 5.11. The van der Waals surface area contributed by atoms with Gasteiger partial charge in [-0.25, -0.2) is 4.68 Å². The molecule has 0 atom stereocenters. The first-order valence-corrected chi connectivity index (χ1v) is 5.86. The van der Waals surface area contributed by atoms with E-state index < -0.39 is 5.97 Å². The molecule has 0 bridgehead atoms.